The molecule has 1 aromatic carbocycles. The molecule has 1 atom stereocenters. The first-order chi connectivity index (χ1) is 8.91. The van der Waals surface area contributed by atoms with Crippen LogP contribution in [0.5, 0.6) is 0 Å². The van der Waals surface area contributed by atoms with Crippen LogP contribution in [-0.4, -0.2) is 14.9 Å². The van der Waals surface area contributed by atoms with Crippen molar-refractivity contribution in [2.24, 2.45) is 7.05 Å². The van der Waals surface area contributed by atoms with Gasteiger partial charge in [-0.15, -0.1) is 0 Å². The van der Waals surface area contributed by atoms with Crippen LogP contribution in [0.2, 0.25) is 15.2 Å². The third-order valence-electron chi connectivity index (χ3n) is 2.97. The fourth-order valence-corrected chi connectivity index (χ4v) is 2.74. The Morgan fingerprint density at radius 2 is 2.00 bits per heavy atom. The van der Waals surface area contributed by atoms with E-state index in [1.54, 1.807) is 19.2 Å². The molecule has 1 heterocycles. The van der Waals surface area contributed by atoms with E-state index in [1.807, 2.05) is 13.0 Å². The van der Waals surface area contributed by atoms with Crippen molar-refractivity contribution >= 4 is 34.8 Å². The van der Waals surface area contributed by atoms with Gasteiger partial charge >= 0.3 is 0 Å². The van der Waals surface area contributed by atoms with E-state index in [2.05, 4.69) is 5.10 Å². The van der Waals surface area contributed by atoms with E-state index in [-0.39, 0.29) is 0 Å². The number of aliphatic hydroxyl groups excluding tert-OH is 1. The average molecular weight is 320 g/mol. The summed E-state index contributed by atoms with van der Waals surface area (Å²) in [6, 6.07) is 5.34. The molecule has 6 heteroatoms. The zero-order chi connectivity index (χ0) is 14.2. The zero-order valence-electron chi connectivity index (χ0n) is 10.5. The lowest BCUT2D eigenvalue weighted by molar-refractivity contribution is 0.178. The van der Waals surface area contributed by atoms with Gasteiger partial charge in [0.15, 0.2) is 0 Å². The SMILES string of the molecule is Cc1nn(C)c(Cl)c1C(O)Cc1cccc(Cl)c1Cl. The summed E-state index contributed by atoms with van der Waals surface area (Å²) >= 11 is 18.2. The first-order valence-corrected chi connectivity index (χ1v) is 6.85. The lowest BCUT2D eigenvalue weighted by Crippen LogP contribution is -2.04. The van der Waals surface area contributed by atoms with E-state index in [9.17, 15) is 5.11 Å². The van der Waals surface area contributed by atoms with Crippen LogP contribution >= 0.6 is 34.8 Å². The van der Waals surface area contributed by atoms with E-state index in [1.165, 1.54) is 4.68 Å². The fourth-order valence-electron chi connectivity index (χ4n) is 2.04. The zero-order valence-corrected chi connectivity index (χ0v) is 12.8. The molecule has 2 rings (SSSR count). The van der Waals surface area contributed by atoms with Crippen LogP contribution in [0.4, 0.5) is 0 Å². The number of aromatic nitrogens is 2. The second-order valence-electron chi connectivity index (χ2n) is 4.35. The molecule has 0 spiro atoms. The summed E-state index contributed by atoms with van der Waals surface area (Å²) < 4.78 is 1.54. The van der Waals surface area contributed by atoms with Crippen LogP contribution < -0.4 is 0 Å². The van der Waals surface area contributed by atoms with Gasteiger partial charge in [0.05, 0.1) is 21.8 Å². The second kappa shape index (κ2) is 5.71. The van der Waals surface area contributed by atoms with Gasteiger partial charge in [0.25, 0.3) is 0 Å². The minimum atomic E-state index is -0.767. The smallest absolute Gasteiger partial charge is 0.132 e. The van der Waals surface area contributed by atoms with Crippen LogP contribution in [0.3, 0.4) is 0 Å². The number of hydrogen-bond donors (Lipinski definition) is 1. The van der Waals surface area contributed by atoms with Gasteiger partial charge in [-0.05, 0) is 18.6 Å². The minimum Gasteiger partial charge on any atom is -0.388 e. The highest BCUT2D eigenvalue weighted by Crippen LogP contribution is 2.32. The molecular formula is C13H13Cl3N2O. The average Bonchev–Trinajstić information content (AvgIpc) is 2.59. The molecular weight excluding hydrogens is 307 g/mol. The van der Waals surface area contributed by atoms with Gasteiger partial charge in [0.2, 0.25) is 0 Å². The Labute approximate surface area is 126 Å². The van der Waals surface area contributed by atoms with Crippen LogP contribution in [0, 0.1) is 6.92 Å². The summed E-state index contributed by atoms with van der Waals surface area (Å²) in [7, 11) is 1.73. The third kappa shape index (κ3) is 2.90. The number of halogens is 3. The predicted octanol–water partition coefficient (Wildman–Crippen LogP) is 3.96. The molecule has 0 aliphatic carbocycles. The molecule has 0 radical (unpaired) electrons. The van der Waals surface area contributed by atoms with E-state index in [4.69, 9.17) is 34.8 Å². The summed E-state index contributed by atoms with van der Waals surface area (Å²) in [5.74, 6) is 0. The topological polar surface area (TPSA) is 38.0 Å². The van der Waals surface area contributed by atoms with Crippen molar-refractivity contribution in [1.82, 2.24) is 9.78 Å². The van der Waals surface area contributed by atoms with Crippen LogP contribution in [0.15, 0.2) is 18.2 Å². The molecule has 1 unspecified atom stereocenters. The van der Waals surface area contributed by atoms with Gasteiger partial charge in [-0.3, -0.25) is 4.68 Å². The summed E-state index contributed by atoms with van der Waals surface area (Å²) in [6.45, 7) is 1.81. The third-order valence-corrected chi connectivity index (χ3v) is 4.28. The lowest BCUT2D eigenvalue weighted by Gasteiger charge is -2.12. The van der Waals surface area contributed by atoms with Crippen molar-refractivity contribution in [3.05, 3.63) is 50.2 Å². The molecule has 1 N–H and O–H groups in total. The Morgan fingerprint density at radius 3 is 2.58 bits per heavy atom. The first-order valence-electron chi connectivity index (χ1n) is 5.71. The van der Waals surface area contributed by atoms with Crippen molar-refractivity contribution < 1.29 is 5.11 Å². The lowest BCUT2D eigenvalue weighted by atomic mass is 10.0. The maximum atomic E-state index is 10.3. The highest BCUT2D eigenvalue weighted by atomic mass is 35.5. The molecule has 0 fully saturated rings. The van der Waals surface area contributed by atoms with Gasteiger partial charge in [0, 0.05) is 19.0 Å². The number of hydrogen-bond acceptors (Lipinski definition) is 2. The van der Waals surface area contributed by atoms with Crippen molar-refractivity contribution in [2.45, 2.75) is 19.4 Å². The van der Waals surface area contributed by atoms with Gasteiger partial charge in [-0.25, -0.2) is 0 Å². The van der Waals surface area contributed by atoms with Crippen molar-refractivity contribution in [2.75, 3.05) is 0 Å². The molecule has 0 amide bonds. The molecule has 0 aliphatic heterocycles. The minimum absolute atomic E-state index is 0.339. The first kappa shape index (κ1) is 14.7. The molecule has 1 aromatic heterocycles. The van der Waals surface area contributed by atoms with E-state index < -0.39 is 6.10 Å². The highest BCUT2D eigenvalue weighted by molar-refractivity contribution is 6.42. The monoisotopic (exact) mass is 318 g/mol. The number of nitrogens with zero attached hydrogens (tertiary/aromatic N) is 2. The summed E-state index contributed by atoms with van der Waals surface area (Å²) in [6.07, 6.45) is -0.428. The highest BCUT2D eigenvalue weighted by Gasteiger charge is 2.20. The van der Waals surface area contributed by atoms with Gasteiger partial charge in [-0.1, -0.05) is 46.9 Å². The molecule has 0 saturated heterocycles. The van der Waals surface area contributed by atoms with E-state index >= 15 is 0 Å². The number of aryl methyl sites for hydroxylation is 2. The molecule has 3 nitrogen and oxygen atoms in total. The van der Waals surface area contributed by atoms with E-state index in [0.29, 0.717) is 32.9 Å². The standard InChI is InChI=1S/C13H13Cl3N2O/c1-7-11(13(16)18(2)17-7)10(19)6-8-4-3-5-9(14)12(8)15/h3-5,10,19H,6H2,1-2H3. The Kier molecular flexibility index (Phi) is 4.41. The van der Waals surface area contributed by atoms with Crippen molar-refractivity contribution in [3.8, 4) is 0 Å². The van der Waals surface area contributed by atoms with Crippen LogP contribution in [0.25, 0.3) is 0 Å². The molecule has 0 bridgehead atoms. The fraction of sp³-hybridized carbons (Fsp3) is 0.308. The summed E-state index contributed by atoms with van der Waals surface area (Å²) in [4.78, 5) is 0. The predicted molar refractivity (Wildman–Crippen MR) is 78.1 cm³/mol. The molecule has 0 saturated carbocycles. The van der Waals surface area contributed by atoms with Crippen molar-refractivity contribution in [3.63, 3.8) is 0 Å². The Hall–Kier alpha value is -0.740. The Bertz CT molecular complexity index is 610. The molecule has 102 valence electrons. The molecule has 0 aliphatic rings. The molecule has 2 aromatic rings. The van der Waals surface area contributed by atoms with Crippen molar-refractivity contribution in [1.29, 1.82) is 0 Å². The maximum absolute atomic E-state index is 10.3. The van der Waals surface area contributed by atoms with Crippen LogP contribution in [-0.2, 0) is 13.5 Å². The van der Waals surface area contributed by atoms with Gasteiger partial charge in [0.1, 0.15) is 5.15 Å². The number of rotatable bonds is 3. The number of benzene rings is 1. The van der Waals surface area contributed by atoms with Crippen LogP contribution in [0.1, 0.15) is 22.9 Å². The maximum Gasteiger partial charge on any atom is 0.132 e. The van der Waals surface area contributed by atoms with E-state index in [0.717, 1.165) is 5.56 Å². The number of aliphatic hydroxyl groups is 1. The Balaban J connectivity index is 2.31. The largest absolute Gasteiger partial charge is 0.388 e. The normalized spacial score (nSPS) is 12.7. The van der Waals surface area contributed by atoms with Gasteiger partial charge < -0.3 is 5.11 Å². The van der Waals surface area contributed by atoms with Gasteiger partial charge in [-0.2, -0.15) is 5.10 Å². The summed E-state index contributed by atoms with van der Waals surface area (Å²) in [5.41, 5.74) is 2.11. The summed E-state index contributed by atoms with van der Waals surface area (Å²) in [5, 5.41) is 15.9. The second-order valence-corrected chi connectivity index (χ2v) is 5.49. The quantitative estimate of drug-likeness (QED) is 0.929. The molecule has 19 heavy (non-hydrogen) atoms. The Morgan fingerprint density at radius 1 is 1.32 bits per heavy atom.